The number of allylic oxidation sites excluding steroid dienone is 1. The average molecular weight is 331 g/mol. The van der Waals surface area contributed by atoms with Gasteiger partial charge in [0.1, 0.15) is 12.4 Å². The highest BCUT2D eigenvalue weighted by Gasteiger charge is 2.23. The van der Waals surface area contributed by atoms with Crippen LogP contribution in [0.3, 0.4) is 0 Å². The Morgan fingerprint density at radius 1 is 1.00 bits per heavy atom. The first kappa shape index (κ1) is 15.4. The molecule has 0 aliphatic carbocycles. The van der Waals surface area contributed by atoms with Crippen molar-refractivity contribution in [1.29, 1.82) is 0 Å². The second kappa shape index (κ2) is 6.09. The Morgan fingerprint density at radius 2 is 1.72 bits per heavy atom. The molecule has 4 rings (SSSR count). The summed E-state index contributed by atoms with van der Waals surface area (Å²) in [6.07, 6.45) is 3.80. The largest absolute Gasteiger partial charge is 0.378 e. The topological polar surface area (TPSA) is 46.0 Å². The van der Waals surface area contributed by atoms with Crippen molar-refractivity contribution in [3.63, 3.8) is 0 Å². The molecule has 0 spiro atoms. The van der Waals surface area contributed by atoms with Gasteiger partial charge in [-0.05, 0) is 36.3 Å². The third-order valence-electron chi connectivity index (χ3n) is 4.52. The van der Waals surface area contributed by atoms with Crippen LogP contribution in [-0.2, 0) is 0 Å². The lowest BCUT2D eigenvalue weighted by Crippen LogP contribution is -2.20. The summed E-state index contributed by atoms with van der Waals surface area (Å²) in [5, 5.41) is 7.79. The Bertz CT molecular complexity index is 904. The molecular formula is C20H21N5. The van der Waals surface area contributed by atoms with Gasteiger partial charge in [-0.2, -0.15) is 10.1 Å². The van der Waals surface area contributed by atoms with Gasteiger partial charge >= 0.3 is 0 Å². The van der Waals surface area contributed by atoms with Gasteiger partial charge in [0.2, 0.25) is 5.95 Å². The van der Waals surface area contributed by atoms with Gasteiger partial charge in [-0.3, -0.25) is 0 Å². The number of nitrogens with one attached hydrogen (secondary N) is 1. The summed E-state index contributed by atoms with van der Waals surface area (Å²) in [5.41, 5.74) is 5.82. The summed E-state index contributed by atoms with van der Waals surface area (Å²) < 4.78 is 1.92. The number of aromatic nitrogens is 3. The highest BCUT2D eigenvalue weighted by molar-refractivity contribution is 5.77. The zero-order valence-corrected chi connectivity index (χ0v) is 14.6. The molecule has 3 aromatic rings. The van der Waals surface area contributed by atoms with Crippen molar-refractivity contribution in [3.8, 4) is 0 Å². The summed E-state index contributed by atoms with van der Waals surface area (Å²) in [7, 11) is 4.09. The standard InChI is InChI=1S/C20H21N5/c1-14-4-6-15(7-5-14)18-12-19(25-20(23-18)21-13-22-25)16-8-10-17(11-9-16)24(2)3/h4-13,19H,1-3H3,(H,21,22,23)/t19-/m0/s1. The van der Waals surface area contributed by atoms with Crippen LogP contribution in [0.15, 0.2) is 60.9 Å². The van der Waals surface area contributed by atoms with Gasteiger partial charge in [-0.1, -0.05) is 42.0 Å². The fraction of sp³-hybridized carbons (Fsp3) is 0.200. The number of aryl methyl sites for hydroxylation is 1. The number of hydrogen-bond acceptors (Lipinski definition) is 4. The maximum atomic E-state index is 4.40. The van der Waals surface area contributed by atoms with Crippen molar-refractivity contribution < 1.29 is 0 Å². The first-order chi connectivity index (χ1) is 12.1. The second-order valence-corrected chi connectivity index (χ2v) is 6.53. The smallest absolute Gasteiger partial charge is 0.226 e. The predicted octanol–water partition coefficient (Wildman–Crippen LogP) is 3.71. The Labute approximate surface area is 147 Å². The minimum atomic E-state index is 0.0197. The fourth-order valence-electron chi connectivity index (χ4n) is 3.04. The van der Waals surface area contributed by atoms with E-state index in [4.69, 9.17) is 0 Å². The van der Waals surface area contributed by atoms with Crippen molar-refractivity contribution in [2.45, 2.75) is 13.0 Å². The van der Waals surface area contributed by atoms with Gasteiger partial charge in [0.05, 0.1) is 0 Å². The fourth-order valence-corrected chi connectivity index (χ4v) is 3.04. The summed E-state index contributed by atoms with van der Waals surface area (Å²) >= 11 is 0. The van der Waals surface area contributed by atoms with E-state index in [-0.39, 0.29) is 6.04 Å². The molecule has 5 heteroatoms. The first-order valence-corrected chi connectivity index (χ1v) is 8.34. The number of hydrogen-bond donors (Lipinski definition) is 1. The van der Waals surface area contributed by atoms with Gasteiger partial charge in [0.15, 0.2) is 0 Å². The molecule has 1 aromatic heterocycles. The van der Waals surface area contributed by atoms with Crippen molar-refractivity contribution in [2.24, 2.45) is 0 Å². The molecule has 1 aliphatic rings. The van der Waals surface area contributed by atoms with E-state index in [1.807, 2.05) is 18.8 Å². The van der Waals surface area contributed by atoms with E-state index >= 15 is 0 Å². The molecule has 0 saturated carbocycles. The van der Waals surface area contributed by atoms with E-state index in [9.17, 15) is 0 Å². The van der Waals surface area contributed by atoms with E-state index in [2.05, 4.69) is 81.8 Å². The molecule has 0 saturated heterocycles. The van der Waals surface area contributed by atoms with Gasteiger partial charge < -0.3 is 10.2 Å². The van der Waals surface area contributed by atoms with Gasteiger partial charge in [-0.25, -0.2) is 4.68 Å². The molecule has 1 aliphatic heterocycles. The molecule has 0 bridgehead atoms. The second-order valence-electron chi connectivity index (χ2n) is 6.53. The van der Waals surface area contributed by atoms with Crippen LogP contribution in [-0.4, -0.2) is 28.9 Å². The van der Waals surface area contributed by atoms with Gasteiger partial charge in [0.25, 0.3) is 0 Å². The van der Waals surface area contributed by atoms with Crippen molar-refractivity contribution in [1.82, 2.24) is 14.8 Å². The van der Waals surface area contributed by atoms with Crippen LogP contribution in [0.25, 0.3) is 5.70 Å². The average Bonchev–Trinajstić information content (AvgIpc) is 3.10. The highest BCUT2D eigenvalue weighted by Crippen LogP contribution is 2.32. The Balaban J connectivity index is 1.75. The first-order valence-electron chi connectivity index (χ1n) is 8.34. The van der Waals surface area contributed by atoms with Crippen molar-refractivity contribution in [3.05, 3.63) is 77.6 Å². The third kappa shape index (κ3) is 2.89. The molecule has 2 aromatic carbocycles. The summed E-state index contributed by atoms with van der Waals surface area (Å²) in [6.45, 7) is 2.10. The van der Waals surface area contributed by atoms with Crippen LogP contribution < -0.4 is 10.2 Å². The molecule has 0 radical (unpaired) electrons. The van der Waals surface area contributed by atoms with E-state index in [0.717, 1.165) is 17.2 Å². The minimum Gasteiger partial charge on any atom is -0.378 e. The van der Waals surface area contributed by atoms with Gasteiger partial charge in [0, 0.05) is 25.5 Å². The number of fused-ring (bicyclic) bond motifs is 1. The molecular weight excluding hydrogens is 310 g/mol. The SMILES string of the molecule is Cc1ccc(C2=C[C@@H](c3ccc(N(C)C)cc3)n3ncnc3N2)cc1. The zero-order chi connectivity index (χ0) is 17.4. The molecule has 5 nitrogen and oxygen atoms in total. The lowest BCUT2D eigenvalue weighted by Gasteiger charge is -2.25. The van der Waals surface area contributed by atoms with Crippen LogP contribution in [0.1, 0.15) is 22.7 Å². The molecule has 0 amide bonds. The Kier molecular flexibility index (Phi) is 3.76. The van der Waals surface area contributed by atoms with Crippen molar-refractivity contribution >= 4 is 17.3 Å². The molecule has 25 heavy (non-hydrogen) atoms. The molecule has 2 heterocycles. The van der Waals surface area contributed by atoms with Crippen LogP contribution in [0.2, 0.25) is 0 Å². The molecule has 126 valence electrons. The summed E-state index contributed by atoms with van der Waals surface area (Å²) in [4.78, 5) is 6.46. The number of rotatable bonds is 3. The monoisotopic (exact) mass is 331 g/mol. The lowest BCUT2D eigenvalue weighted by molar-refractivity contribution is 0.612. The quantitative estimate of drug-likeness (QED) is 0.795. The van der Waals surface area contributed by atoms with Crippen LogP contribution >= 0.6 is 0 Å². The molecule has 0 fully saturated rings. The number of anilines is 2. The van der Waals surface area contributed by atoms with Crippen LogP contribution in [0.5, 0.6) is 0 Å². The molecule has 1 atom stereocenters. The van der Waals surface area contributed by atoms with Crippen molar-refractivity contribution in [2.75, 3.05) is 24.3 Å². The highest BCUT2D eigenvalue weighted by atomic mass is 15.4. The maximum absolute atomic E-state index is 4.40. The molecule has 1 N–H and O–H groups in total. The minimum absolute atomic E-state index is 0.0197. The van der Waals surface area contributed by atoms with E-state index < -0.39 is 0 Å². The van der Waals surface area contributed by atoms with Crippen LogP contribution in [0, 0.1) is 6.92 Å². The number of nitrogens with zero attached hydrogens (tertiary/aromatic N) is 4. The Morgan fingerprint density at radius 3 is 2.40 bits per heavy atom. The third-order valence-corrected chi connectivity index (χ3v) is 4.52. The van der Waals surface area contributed by atoms with Crippen LogP contribution in [0.4, 0.5) is 11.6 Å². The van der Waals surface area contributed by atoms with E-state index in [1.165, 1.54) is 16.8 Å². The predicted molar refractivity (Wildman–Crippen MR) is 102 cm³/mol. The van der Waals surface area contributed by atoms with Gasteiger partial charge in [-0.15, -0.1) is 0 Å². The summed E-state index contributed by atoms with van der Waals surface area (Å²) in [6, 6.07) is 17.1. The molecule has 0 unspecified atom stereocenters. The zero-order valence-electron chi connectivity index (χ0n) is 14.6. The normalized spacial score (nSPS) is 16.0. The van der Waals surface area contributed by atoms with E-state index in [0.29, 0.717) is 0 Å². The lowest BCUT2D eigenvalue weighted by atomic mass is 10.0. The van der Waals surface area contributed by atoms with E-state index in [1.54, 1.807) is 6.33 Å². The Hall–Kier alpha value is -3.08. The number of benzene rings is 2. The maximum Gasteiger partial charge on any atom is 0.226 e. The summed E-state index contributed by atoms with van der Waals surface area (Å²) in [5.74, 6) is 0.764.